The Balaban J connectivity index is 1.75. The predicted molar refractivity (Wildman–Crippen MR) is 61.5 cm³/mol. The third-order valence-electron chi connectivity index (χ3n) is 2.93. The van der Waals surface area contributed by atoms with Gasteiger partial charge in [0.15, 0.2) is 0 Å². The SMILES string of the molecule is O=C(CCn1cncn1)N[C@@H](CC1CC1)C(=O)O. The minimum atomic E-state index is -0.962. The summed E-state index contributed by atoms with van der Waals surface area (Å²) in [6.45, 7) is 0.404. The molecule has 7 nitrogen and oxygen atoms in total. The van der Waals surface area contributed by atoms with Crippen molar-refractivity contribution >= 4 is 11.9 Å². The van der Waals surface area contributed by atoms with Gasteiger partial charge in [-0.3, -0.25) is 9.48 Å². The standard InChI is InChI=1S/C11H16N4O3/c16-10(3-4-15-7-12-6-13-15)14-9(11(17)18)5-8-1-2-8/h6-9H,1-5H2,(H,14,16)(H,17,18)/t9-/m0/s1. The number of nitrogens with one attached hydrogen (secondary N) is 1. The fourth-order valence-electron chi connectivity index (χ4n) is 1.74. The Labute approximate surface area is 104 Å². The highest BCUT2D eigenvalue weighted by Gasteiger charge is 2.29. The molecule has 1 aliphatic carbocycles. The van der Waals surface area contributed by atoms with Crippen LogP contribution in [0, 0.1) is 5.92 Å². The molecule has 0 saturated heterocycles. The highest BCUT2D eigenvalue weighted by atomic mass is 16.4. The van der Waals surface area contributed by atoms with Crippen LogP contribution < -0.4 is 5.32 Å². The average molecular weight is 252 g/mol. The van der Waals surface area contributed by atoms with Crippen molar-refractivity contribution in [2.24, 2.45) is 5.92 Å². The first-order chi connectivity index (χ1) is 8.65. The van der Waals surface area contributed by atoms with Gasteiger partial charge in [-0.05, 0) is 12.3 Å². The summed E-state index contributed by atoms with van der Waals surface area (Å²) in [7, 11) is 0. The minimum Gasteiger partial charge on any atom is -0.480 e. The quantitative estimate of drug-likeness (QED) is 0.714. The van der Waals surface area contributed by atoms with Crippen LogP contribution in [0.15, 0.2) is 12.7 Å². The molecule has 1 aromatic heterocycles. The first-order valence-corrected chi connectivity index (χ1v) is 5.99. The molecule has 1 amide bonds. The largest absolute Gasteiger partial charge is 0.480 e. The maximum Gasteiger partial charge on any atom is 0.326 e. The highest BCUT2D eigenvalue weighted by molar-refractivity contribution is 5.83. The third-order valence-corrected chi connectivity index (χ3v) is 2.93. The van der Waals surface area contributed by atoms with Crippen molar-refractivity contribution in [1.29, 1.82) is 0 Å². The first-order valence-electron chi connectivity index (χ1n) is 5.99. The molecule has 1 atom stereocenters. The molecule has 0 spiro atoms. The number of hydrogen-bond donors (Lipinski definition) is 2. The Morgan fingerprint density at radius 2 is 2.28 bits per heavy atom. The Bertz CT molecular complexity index is 414. The molecule has 2 rings (SSSR count). The number of carboxylic acids is 1. The van der Waals surface area contributed by atoms with Gasteiger partial charge in [-0.15, -0.1) is 0 Å². The third kappa shape index (κ3) is 3.83. The molecular weight excluding hydrogens is 236 g/mol. The van der Waals surface area contributed by atoms with Gasteiger partial charge in [0.25, 0.3) is 0 Å². The molecule has 18 heavy (non-hydrogen) atoms. The number of nitrogens with zero attached hydrogens (tertiary/aromatic N) is 3. The van der Waals surface area contributed by atoms with E-state index in [4.69, 9.17) is 5.11 Å². The van der Waals surface area contributed by atoms with Gasteiger partial charge in [0.2, 0.25) is 5.91 Å². The van der Waals surface area contributed by atoms with Gasteiger partial charge in [-0.1, -0.05) is 12.8 Å². The van der Waals surface area contributed by atoms with Gasteiger partial charge in [-0.2, -0.15) is 5.10 Å². The molecule has 1 aliphatic rings. The molecule has 1 aromatic rings. The van der Waals surface area contributed by atoms with E-state index >= 15 is 0 Å². The van der Waals surface area contributed by atoms with Crippen molar-refractivity contribution in [3.8, 4) is 0 Å². The molecule has 0 radical (unpaired) electrons. The van der Waals surface area contributed by atoms with Crippen LogP contribution in [0.4, 0.5) is 0 Å². The molecule has 1 saturated carbocycles. The number of rotatable bonds is 7. The molecule has 1 fully saturated rings. The van der Waals surface area contributed by atoms with Crippen LogP contribution in [0.3, 0.4) is 0 Å². The summed E-state index contributed by atoms with van der Waals surface area (Å²) >= 11 is 0. The van der Waals surface area contributed by atoms with E-state index in [-0.39, 0.29) is 12.3 Å². The maximum atomic E-state index is 11.6. The lowest BCUT2D eigenvalue weighted by Gasteiger charge is -2.13. The summed E-state index contributed by atoms with van der Waals surface area (Å²) in [5.74, 6) is -0.767. The van der Waals surface area contributed by atoms with Crippen LogP contribution in [0.1, 0.15) is 25.7 Å². The van der Waals surface area contributed by atoms with Crippen molar-refractivity contribution in [2.45, 2.75) is 38.3 Å². The second kappa shape index (κ2) is 5.61. The summed E-state index contributed by atoms with van der Waals surface area (Å²) in [6.07, 6.45) is 5.79. The fraction of sp³-hybridized carbons (Fsp3) is 0.636. The van der Waals surface area contributed by atoms with E-state index in [1.165, 1.54) is 17.3 Å². The van der Waals surface area contributed by atoms with E-state index in [0.717, 1.165) is 12.8 Å². The molecular formula is C11H16N4O3. The Hall–Kier alpha value is -1.92. The van der Waals surface area contributed by atoms with E-state index in [1.807, 2.05) is 0 Å². The summed E-state index contributed by atoms with van der Waals surface area (Å²) in [5, 5.41) is 15.4. The van der Waals surface area contributed by atoms with Crippen molar-refractivity contribution in [1.82, 2.24) is 20.1 Å². The Kier molecular flexibility index (Phi) is 3.91. The molecule has 2 N–H and O–H groups in total. The second-order valence-corrected chi connectivity index (χ2v) is 4.55. The van der Waals surface area contributed by atoms with E-state index in [0.29, 0.717) is 18.9 Å². The number of aryl methyl sites for hydroxylation is 1. The van der Waals surface area contributed by atoms with Gasteiger partial charge < -0.3 is 10.4 Å². The summed E-state index contributed by atoms with van der Waals surface area (Å²) in [5.41, 5.74) is 0. The number of carboxylic acid groups (broad SMARTS) is 1. The molecule has 0 bridgehead atoms. The first kappa shape index (κ1) is 12.5. The zero-order valence-corrected chi connectivity index (χ0v) is 9.95. The van der Waals surface area contributed by atoms with E-state index in [2.05, 4.69) is 15.4 Å². The summed E-state index contributed by atoms with van der Waals surface area (Å²) in [4.78, 5) is 26.4. The summed E-state index contributed by atoms with van der Waals surface area (Å²) in [6, 6.07) is -0.763. The number of amides is 1. The number of carbonyl (C=O) groups excluding carboxylic acids is 1. The molecule has 0 aliphatic heterocycles. The smallest absolute Gasteiger partial charge is 0.326 e. The number of aromatic nitrogens is 3. The topological polar surface area (TPSA) is 97.1 Å². The second-order valence-electron chi connectivity index (χ2n) is 4.55. The van der Waals surface area contributed by atoms with Crippen LogP contribution in [0.2, 0.25) is 0 Å². The Morgan fingerprint density at radius 1 is 1.50 bits per heavy atom. The van der Waals surface area contributed by atoms with Crippen LogP contribution in [-0.2, 0) is 16.1 Å². The van der Waals surface area contributed by atoms with Crippen LogP contribution in [0.5, 0.6) is 0 Å². The number of hydrogen-bond acceptors (Lipinski definition) is 4. The van der Waals surface area contributed by atoms with Gasteiger partial charge >= 0.3 is 5.97 Å². The zero-order valence-electron chi connectivity index (χ0n) is 9.95. The van der Waals surface area contributed by atoms with Crippen molar-refractivity contribution < 1.29 is 14.7 Å². The van der Waals surface area contributed by atoms with Crippen molar-refractivity contribution in [3.05, 3.63) is 12.7 Å². The van der Waals surface area contributed by atoms with Gasteiger partial charge in [0.1, 0.15) is 18.7 Å². The van der Waals surface area contributed by atoms with E-state index in [1.54, 1.807) is 0 Å². The molecule has 1 heterocycles. The molecule has 0 unspecified atom stereocenters. The molecule has 0 aromatic carbocycles. The lowest BCUT2D eigenvalue weighted by Crippen LogP contribution is -2.41. The zero-order chi connectivity index (χ0) is 13.0. The molecule has 98 valence electrons. The predicted octanol–water partition coefficient (Wildman–Crippen LogP) is 0.0377. The van der Waals surface area contributed by atoms with Crippen LogP contribution in [-0.4, -0.2) is 37.8 Å². The maximum absolute atomic E-state index is 11.6. The van der Waals surface area contributed by atoms with Gasteiger partial charge in [0.05, 0.1) is 6.54 Å². The summed E-state index contributed by atoms with van der Waals surface area (Å²) < 4.78 is 1.54. The normalized spacial score (nSPS) is 16.2. The molecule has 7 heteroatoms. The van der Waals surface area contributed by atoms with Crippen LogP contribution >= 0.6 is 0 Å². The monoisotopic (exact) mass is 252 g/mol. The lowest BCUT2D eigenvalue weighted by molar-refractivity contribution is -0.142. The Morgan fingerprint density at radius 3 is 2.83 bits per heavy atom. The minimum absolute atomic E-state index is 0.206. The highest BCUT2D eigenvalue weighted by Crippen LogP contribution is 2.33. The lowest BCUT2D eigenvalue weighted by atomic mass is 10.1. The van der Waals surface area contributed by atoms with Gasteiger partial charge in [-0.25, -0.2) is 9.78 Å². The average Bonchev–Trinajstić information content (AvgIpc) is 2.99. The van der Waals surface area contributed by atoms with Crippen molar-refractivity contribution in [3.63, 3.8) is 0 Å². The van der Waals surface area contributed by atoms with Gasteiger partial charge in [0, 0.05) is 6.42 Å². The van der Waals surface area contributed by atoms with E-state index in [9.17, 15) is 9.59 Å². The fourth-order valence-corrected chi connectivity index (χ4v) is 1.74. The van der Waals surface area contributed by atoms with E-state index < -0.39 is 12.0 Å². The van der Waals surface area contributed by atoms with Crippen LogP contribution in [0.25, 0.3) is 0 Å². The van der Waals surface area contributed by atoms with Crippen molar-refractivity contribution in [2.75, 3.05) is 0 Å². The number of carbonyl (C=O) groups is 2. The number of aliphatic carboxylic acids is 1.